The van der Waals surface area contributed by atoms with Gasteiger partial charge in [0.1, 0.15) is 5.82 Å². The average Bonchev–Trinajstić information content (AvgIpc) is 3.10. The summed E-state index contributed by atoms with van der Waals surface area (Å²) >= 11 is 0. The Labute approximate surface area is 167 Å². The van der Waals surface area contributed by atoms with E-state index in [0.29, 0.717) is 29.4 Å². The molecule has 0 bridgehead atoms. The number of benzene rings is 2. The van der Waals surface area contributed by atoms with Crippen LogP contribution in [0.5, 0.6) is 0 Å². The lowest BCUT2D eigenvalue weighted by molar-refractivity contribution is -0.256. The highest BCUT2D eigenvalue weighted by molar-refractivity contribution is 5.85. The fourth-order valence-corrected chi connectivity index (χ4v) is 5.25. The highest BCUT2D eigenvalue weighted by Gasteiger charge is 2.65. The molecule has 2 unspecified atom stereocenters. The van der Waals surface area contributed by atoms with Gasteiger partial charge in [0.05, 0.1) is 12.3 Å². The molecule has 5 rings (SSSR count). The Morgan fingerprint density at radius 2 is 1.86 bits per heavy atom. The summed E-state index contributed by atoms with van der Waals surface area (Å²) < 4.78 is 51.6. The lowest BCUT2D eigenvalue weighted by atomic mass is 9.66. The maximum absolute atomic E-state index is 15.9. The van der Waals surface area contributed by atoms with E-state index in [4.69, 9.17) is 4.74 Å². The smallest absolute Gasteiger partial charge is 0.284 e. The average molecular weight is 400 g/mol. The summed E-state index contributed by atoms with van der Waals surface area (Å²) in [5.74, 6) is -3.48. The first kappa shape index (κ1) is 18.7. The molecule has 0 radical (unpaired) electrons. The summed E-state index contributed by atoms with van der Waals surface area (Å²) in [7, 11) is 1.74. The van der Waals surface area contributed by atoms with E-state index in [9.17, 15) is 4.39 Å². The molecule has 3 nitrogen and oxygen atoms in total. The first-order chi connectivity index (χ1) is 13.9. The van der Waals surface area contributed by atoms with E-state index in [2.05, 4.69) is 10.3 Å². The fraction of sp³-hybridized carbons (Fsp3) is 0.391. The minimum absolute atomic E-state index is 0.165. The van der Waals surface area contributed by atoms with Gasteiger partial charge < -0.3 is 15.0 Å². The third-order valence-corrected chi connectivity index (χ3v) is 6.80. The Morgan fingerprint density at radius 1 is 1.07 bits per heavy atom. The molecule has 1 aliphatic heterocycles. The number of rotatable bonds is 2. The fourth-order valence-electron chi connectivity index (χ4n) is 5.25. The maximum Gasteiger partial charge on any atom is 0.284 e. The highest BCUT2D eigenvalue weighted by atomic mass is 19.3. The molecule has 1 aliphatic carbocycles. The Balaban J connectivity index is 1.63. The molecule has 2 aliphatic rings. The van der Waals surface area contributed by atoms with Crippen molar-refractivity contribution in [1.29, 1.82) is 0 Å². The van der Waals surface area contributed by atoms with E-state index >= 15 is 8.78 Å². The third kappa shape index (κ3) is 2.58. The largest absolute Gasteiger partial charge is 0.362 e. The van der Waals surface area contributed by atoms with Gasteiger partial charge in [0.2, 0.25) is 0 Å². The first-order valence-corrected chi connectivity index (χ1v) is 9.98. The standard InChI is InChI=1S/C23H23F3N2O/c1-27-21(15-5-3-2-4-6-15)10-11-22(23(25,26)14-21)20-17(9-12-29-22)18-13-16(24)7-8-19(18)28-20/h2-8,13,27-28H,9-12,14H2,1H3. The van der Waals surface area contributed by atoms with Crippen LogP contribution in [0.2, 0.25) is 0 Å². The molecule has 152 valence electrons. The van der Waals surface area contributed by atoms with Crippen molar-refractivity contribution in [2.75, 3.05) is 13.7 Å². The van der Waals surface area contributed by atoms with Crippen molar-refractivity contribution in [2.24, 2.45) is 0 Å². The van der Waals surface area contributed by atoms with Crippen molar-refractivity contribution in [1.82, 2.24) is 10.3 Å². The van der Waals surface area contributed by atoms with Crippen LogP contribution in [0.15, 0.2) is 48.5 Å². The molecule has 1 saturated carbocycles. The molecular weight excluding hydrogens is 377 g/mol. The molecule has 0 saturated heterocycles. The van der Waals surface area contributed by atoms with E-state index in [-0.39, 0.29) is 25.3 Å². The van der Waals surface area contributed by atoms with E-state index < -0.39 is 17.1 Å². The summed E-state index contributed by atoms with van der Waals surface area (Å²) in [6.45, 7) is 0.198. The van der Waals surface area contributed by atoms with Gasteiger partial charge in [-0.15, -0.1) is 0 Å². The number of fused-ring (bicyclic) bond motifs is 4. The van der Waals surface area contributed by atoms with Crippen LogP contribution >= 0.6 is 0 Å². The van der Waals surface area contributed by atoms with Crippen LogP contribution in [0, 0.1) is 5.82 Å². The number of H-pyrrole nitrogens is 1. The van der Waals surface area contributed by atoms with Crippen LogP contribution in [0.3, 0.4) is 0 Å². The number of hydrogen-bond acceptors (Lipinski definition) is 2. The van der Waals surface area contributed by atoms with Crippen molar-refractivity contribution in [3.63, 3.8) is 0 Å². The second-order valence-electron chi connectivity index (χ2n) is 8.17. The van der Waals surface area contributed by atoms with Crippen LogP contribution in [0.1, 0.15) is 36.1 Å². The number of hydrogen-bond donors (Lipinski definition) is 2. The van der Waals surface area contributed by atoms with Gasteiger partial charge in [-0.25, -0.2) is 13.2 Å². The number of nitrogens with one attached hydrogen (secondary N) is 2. The molecule has 2 aromatic carbocycles. The van der Waals surface area contributed by atoms with Gasteiger partial charge in [-0.2, -0.15) is 0 Å². The lowest BCUT2D eigenvalue weighted by Gasteiger charge is -2.52. The van der Waals surface area contributed by atoms with Crippen LogP contribution in [-0.2, 0) is 22.3 Å². The van der Waals surface area contributed by atoms with Gasteiger partial charge in [0, 0.05) is 22.9 Å². The summed E-state index contributed by atoms with van der Waals surface area (Å²) in [4.78, 5) is 3.15. The molecule has 29 heavy (non-hydrogen) atoms. The minimum Gasteiger partial charge on any atom is -0.362 e. The van der Waals surface area contributed by atoms with E-state index in [1.807, 2.05) is 30.3 Å². The van der Waals surface area contributed by atoms with Gasteiger partial charge in [-0.1, -0.05) is 30.3 Å². The molecule has 1 fully saturated rings. The second-order valence-corrected chi connectivity index (χ2v) is 8.17. The number of aromatic nitrogens is 1. The third-order valence-electron chi connectivity index (χ3n) is 6.80. The Morgan fingerprint density at radius 3 is 2.59 bits per heavy atom. The number of alkyl halides is 2. The summed E-state index contributed by atoms with van der Waals surface area (Å²) in [5, 5.41) is 3.85. The SMILES string of the molecule is CNC1(c2ccccc2)CCC2(OCCc3c2[nH]c2ccc(F)cc32)C(F)(F)C1. The zero-order valence-corrected chi connectivity index (χ0v) is 16.2. The van der Waals surface area contributed by atoms with Crippen LogP contribution in [0.4, 0.5) is 13.2 Å². The number of ether oxygens (including phenoxy) is 1. The quantitative estimate of drug-likeness (QED) is 0.635. The minimum atomic E-state index is -3.11. The van der Waals surface area contributed by atoms with Gasteiger partial charge in [-0.05, 0) is 55.6 Å². The molecular formula is C23H23F3N2O. The number of aromatic amines is 1. The highest BCUT2D eigenvalue weighted by Crippen LogP contribution is 2.58. The van der Waals surface area contributed by atoms with E-state index in [1.54, 1.807) is 13.1 Å². The number of halogens is 3. The second kappa shape index (κ2) is 6.34. The zero-order valence-electron chi connectivity index (χ0n) is 16.2. The maximum atomic E-state index is 15.9. The van der Waals surface area contributed by atoms with Gasteiger partial charge in [0.25, 0.3) is 5.92 Å². The van der Waals surface area contributed by atoms with Gasteiger partial charge in [0.15, 0.2) is 5.60 Å². The van der Waals surface area contributed by atoms with Gasteiger partial charge >= 0.3 is 0 Å². The summed E-state index contributed by atoms with van der Waals surface area (Å²) in [5.41, 5.74) is 0.145. The van der Waals surface area contributed by atoms with Crippen LogP contribution in [0.25, 0.3) is 10.9 Å². The normalized spacial score (nSPS) is 28.6. The molecule has 1 spiro atoms. The van der Waals surface area contributed by atoms with E-state index in [1.165, 1.54) is 12.1 Å². The summed E-state index contributed by atoms with van der Waals surface area (Å²) in [6.07, 6.45) is 0.792. The van der Waals surface area contributed by atoms with Crippen molar-refractivity contribution >= 4 is 10.9 Å². The molecule has 6 heteroatoms. The monoisotopic (exact) mass is 400 g/mol. The van der Waals surface area contributed by atoms with Crippen molar-refractivity contribution in [2.45, 2.75) is 42.7 Å². The molecule has 3 aromatic rings. The molecule has 2 heterocycles. The van der Waals surface area contributed by atoms with Crippen molar-refractivity contribution in [3.8, 4) is 0 Å². The van der Waals surface area contributed by atoms with Crippen molar-refractivity contribution in [3.05, 3.63) is 71.2 Å². The molecule has 0 amide bonds. The van der Waals surface area contributed by atoms with E-state index in [0.717, 1.165) is 11.1 Å². The molecule has 2 atom stereocenters. The van der Waals surface area contributed by atoms with Gasteiger partial charge in [-0.3, -0.25) is 0 Å². The topological polar surface area (TPSA) is 37.0 Å². The Hall–Kier alpha value is -2.31. The van der Waals surface area contributed by atoms with Crippen molar-refractivity contribution < 1.29 is 17.9 Å². The predicted octanol–water partition coefficient (Wildman–Crippen LogP) is 5.01. The zero-order chi connectivity index (χ0) is 20.3. The first-order valence-electron chi connectivity index (χ1n) is 9.98. The van der Waals surface area contributed by atoms with Crippen LogP contribution in [-0.4, -0.2) is 24.6 Å². The Kier molecular flexibility index (Phi) is 4.09. The summed E-state index contributed by atoms with van der Waals surface area (Å²) in [6, 6.07) is 13.8. The Bertz CT molecular complexity index is 1060. The molecule has 2 N–H and O–H groups in total. The lowest BCUT2D eigenvalue weighted by Crippen LogP contribution is -2.60. The van der Waals surface area contributed by atoms with Crippen LogP contribution < -0.4 is 5.32 Å². The molecule has 1 aromatic heterocycles. The predicted molar refractivity (Wildman–Crippen MR) is 106 cm³/mol.